The highest BCUT2D eigenvalue weighted by atomic mass is 19.1. The second-order valence-electron chi connectivity index (χ2n) is 8.56. The van der Waals surface area contributed by atoms with Crippen LogP contribution < -0.4 is 20.1 Å². The minimum absolute atomic E-state index is 0.280. The number of hydrogen-bond donors (Lipinski definition) is 2. The molecule has 0 radical (unpaired) electrons. The Hall–Kier alpha value is -4.31. The fourth-order valence-electron chi connectivity index (χ4n) is 4.33. The molecule has 0 aliphatic carbocycles. The third-order valence-corrected chi connectivity index (χ3v) is 6.13. The van der Waals surface area contributed by atoms with Gasteiger partial charge in [0, 0.05) is 24.5 Å². The summed E-state index contributed by atoms with van der Waals surface area (Å²) in [5.74, 6) is 1.70. The quantitative estimate of drug-likeness (QED) is 0.369. The highest BCUT2D eigenvalue weighted by Crippen LogP contribution is 2.39. The van der Waals surface area contributed by atoms with Crippen LogP contribution in [0.15, 0.2) is 59.8 Å². The van der Waals surface area contributed by atoms with Gasteiger partial charge in [-0.25, -0.2) is 14.4 Å². The number of nitrogens with one attached hydrogen (secondary N) is 2. The molecular formula is C27H29FN7O2+. The fourth-order valence-corrected chi connectivity index (χ4v) is 4.33. The molecule has 0 spiro atoms. The van der Waals surface area contributed by atoms with E-state index in [2.05, 4.69) is 36.5 Å². The summed E-state index contributed by atoms with van der Waals surface area (Å²) in [7, 11) is 1.62. The molecule has 0 unspecified atom stereocenters. The van der Waals surface area contributed by atoms with Gasteiger partial charge in [0.2, 0.25) is 11.4 Å². The number of aromatic nitrogens is 2. The summed E-state index contributed by atoms with van der Waals surface area (Å²) >= 11 is 0. The monoisotopic (exact) mass is 502 g/mol. The van der Waals surface area contributed by atoms with Gasteiger partial charge in [-0.15, -0.1) is 0 Å². The highest BCUT2D eigenvalue weighted by Gasteiger charge is 2.23. The molecule has 0 bridgehead atoms. The standard InChI is InChI=1S/C27H29FN7O2/c1-4-32-35-11-7-19(8-12-35)37-24-16-20(28)22(15-18(24)2)33-27-25-21(30-17-31-27)5-6-23(26(25)36-3)34-13-9-29-10-14-34/h4-8,11,13,15-17,29H,9-10,12,14H2,1-3H3,(H,30,31,33)/q+1/b32-4-. The lowest BCUT2D eigenvalue weighted by atomic mass is 10.1. The van der Waals surface area contributed by atoms with Crippen LogP contribution in [-0.4, -0.2) is 65.3 Å². The molecule has 0 atom stereocenters. The van der Waals surface area contributed by atoms with Gasteiger partial charge in [-0.05, 0) is 43.7 Å². The maximum Gasteiger partial charge on any atom is 0.248 e. The van der Waals surface area contributed by atoms with Crippen molar-refractivity contribution in [3.63, 3.8) is 0 Å². The first-order valence-electron chi connectivity index (χ1n) is 12.1. The van der Waals surface area contributed by atoms with Gasteiger partial charge in [0.15, 0.2) is 12.8 Å². The molecule has 2 aliphatic heterocycles. The van der Waals surface area contributed by atoms with Crippen molar-refractivity contribution in [3.05, 3.63) is 66.1 Å². The molecule has 1 aromatic heterocycles. The van der Waals surface area contributed by atoms with Crippen LogP contribution in [0.3, 0.4) is 0 Å². The largest absolute Gasteiger partial charge is 0.490 e. The van der Waals surface area contributed by atoms with E-state index in [9.17, 15) is 0 Å². The van der Waals surface area contributed by atoms with Crippen molar-refractivity contribution in [2.24, 2.45) is 5.10 Å². The fraction of sp³-hybridized carbons (Fsp3) is 0.259. The van der Waals surface area contributed by atoms with Gasteiger partial charge in [-0.2, -0.15) is 9.68 Å². The van der Waals surface area contributed by atoms with Crippen LogP contribution in [-0.2, 0) is 0 Å². The van der Waals surface area contributed by atoms with Crippen molar-refractivity contribution in [2.45, 2.75) is 13.8 Å². The lowest BCUT2D eigenvalue weighted by Gasteiger charge is -2.19. The average Bonchev–Trinajstić information content (AvgIpc) is 2.92. The van der Waals surface area contributed by atoms with Crippen molar-refractivity contribution in [1.82, 2.24) is 20.3 Å². The van der Waals surface area contributed by atoms with E-state index in [1.807, 2.05) is 38.3 Å². The molecule has 0 fully saturated rings. The first-order valence-corrected chi connectivity index (χ1v) is 12.1. The second-order valence-corrected chi connectivity index (χ2v) is 8.56. The lowest BCUT2D eigenvalue weighted by molar-refractivity contribution is -0.438. The number of ether oxygens (including phenoxy) is 2. The van der Waals surface area contributed by atoms with Crippen LogP contribution in [0.1, 0.15) is 12.5 Å². The molecule has 2 aromatic carbocycles. The maximum absolute atomic E-state index is 15.3. The van der Waals surface area contributed by atoms with Crippen LogP contribution >= 0.6 is 0 Å². The predicted molar refractivity (Wildman–Crippen MR) is 143 cm³/mol. The van der Waals surface area contributed by atoms with Crippen molar-refractivity contribution in [3.8, 4) is 11.5 Å². The number of aryl methyl sites for hydroxylation is 1. The van der Waals surface area contributed by atoms with E-state index in [1.165, 1.54) is 12.4 Å². The number of fused-ring (bicyclic) bond motifs is 1. The van der Waals surface area contributed by atoms with Gasteiger partial charge in [0.05, 0.1) is 43.3 Å². The van der Waals surface area contributed by atoms with E-state index in [1.54, 1.807) is 30.5 Å². The predicted octanol–water partition coefficient (Wildman–Crippen LogP) is 4.25. The van der Waals surface area contributed by atoms with Gasteiger partial charge >= 0.3 is 0 Å². The number of nitrogens with zero attached hydrogens (tertiary/aromatic N) is 5. The Labute approximate surface area is 214 Å². The van der Waals surface area contributed by atoms with E-state index >= 15 is 4.39 Å². The van der Waals surface area contributed by atoms with Crippen LogP contribution in [0.25, 0.3) is 10.9 Å². The van der Waals surface area contributed by atoms with E-state index in [-0.39, 0.29) is 5.69 Å². The van der Waals surface area contributed by atoms with E-state index in [0.29, 0.717) is 40.5 Å². The van der Waals surface area contributed by atoms with E-state index in [4.69, 9.17) is 9.47 Å². The van der Waals surface area contributed by atoms with Crippen molar-refractivity contribution in [1.29, 1.82) is 0 Å². The first kappa shape index (κ1) is 24.4. The summed E-state index contributed by atoms with van der Waals surface area (Å²) < 4.78 is 29.2. The molecule has 3 aromatic rings. The molecule has 0 amide bonds. The van der Waals surface area contributed by atoms with E-state index in [0.717, 1.165) is 30.9 Å². The van der Waals surface area contributed by atoms with Crippen LogP contribution in [0, 0.1) is 12.7 Å². The molecule has 2 aliphatic rings. The Balaban J connectivity index is 1.45. The average molecular weight is 503 g/mol. The summed E-state index contributed by atoms with van der Waals surface area (Å²) in [5.41, 5.74) is 2.66. The SMILES string of the molecule is C/C=N\N1C=CC(Oc2cc(F)c(Nc3ncnc4ccc([N+]5=CCNCC5)c(OC)c34)cc2C)=CC1. The zero-order chi connectivity index (χ0) is 25.8. The third-order valence-electron chi connectivity index (χ3n) is 6.13. The highest BCUT2D eigenvalue weighted by molar-refractivity contribution is 5.98. The first-order chi connectivity index (χ1) is 18.1. The Kier molecular flexibility index (Phi) is 7.09. The minimum atomic E-state index is -0.462. The smallest absolute Gasteiger partial charge is 0.248 e. The zero-order valence-corrected chi connectivity index (χ0v) is 21.0. The van der Waals surface area contributed by atoms with Gasteiger partial charge in [-0.1, -0.05) is 0 Å². The van der Waals surface area contributed by atoms with Crippen LogP contribution in [0.4, 0.5) is 21.6 Å². The second kappa shape index (κ2) is 10.8. The molecule has 0 saturated heterocycles. The molecule has 190 valence electrons. The van der Waals surface area contributed by atoms with Crippen LogP contribution in [0.5, 0.6) is 11.5 Å². The van der Waals surface area contributed by atoms with Gasteiger partial charge < -0.3 is 20.1 Å². The van der Waals surface area contributed by atoms with Crippen molar-refractivity contribution >= 4 is 40.5 Å². The number of allylic oxidation sites excluding steroid dienone is 1. The van der Waals surface area contributed by atoms with Gasteiger partial charge in [0.1, 0.15) is 29.5 Å². The number of hydrazone groups is 1. The summed E-state index contributed by atoms with van der Waals surface area (Å²) in [4.78, 5) is 8.83. The Morgan fingerprint density at radius 2 is 2.16 bits per heavy atom. The summed E-state index contributed by atoms with van der Waals surface area (Å²) in [6.45, 7) is 6.75. The third kappa shape index (κ3) is 5.14. The van der Waals surface area contributed by atoms with Gasteiger partial charge in [0.25, 0.3) is 0 Å². The molecule has 10 heteroatoms. The van der Waals surface area contributed by atoms with Crippen molar-refractivity contribution < 1.29 is 18.4 Å². The minimum Gasteiger partial charge on any atom is -0.490 e. The molecule has 9 nitrogen and oxygen atoms in total. The summed E-state index contributed by atoms with van der Waals surface area (Å²) in [6.07, 6.45) is 10.8. The molecule has 5 rings (SSSR count). The topological polar surface area (TPSA) is 86.9 Å². The van der Waals surface area contributed by atoms with Crippen molar-refractivity contribution in [2.75, 3.05) is 38.6 Å². The zero-order valence-electron chi connectivity index (χ0n) is 21.0. The molecule has 2 N–H and O–H groups in total. The normalized spacial score (nSPS) is 15.6. The number of benzene rings is 2. The maximum atomic E-state index is 15.3. The number of methoxy groups -OCH3 is 1. The number of halogens is 1. The van der Waals surface area contributed by atoms with Crippen LogP contribution in [0.2, 0.25) is 0 Å². The number of anilines is 2. The molecule has 3 heterocycles. The molecular weight excluding hydrogens is 473 g/mol. The summed E-state index contributed by atoms with van der Waals surface area (Å²) in [6, 6.07) is 7.00. The lowest BCUT2D eigenvalue weighted by Crippen LogP contribution is -2.33. The Bertz CT molecular complexity index is 1450. The number of hydrogen-bond acceptors (Lipinski definition) is 8. The van der Waals surface area contributed by atoms with E-state index < -0.39 is 5.82 Å². The molecule has 0 saturated carbocycles. The Morgan fingerprint density at radius 1 is 1.27 bits per heavy atom. The summed E-state index contributed by atoms with van der Waals surface area (Å²) in [5, 5.41) is 13.1. The molecule has 37 heavy (non-hydrogen) atoms. The number of rotatable bonds is 7. The Morgan fingerprint density at radius 3 is 2.89 bits per heavy atom. The van der Waals surface area contributed by atoms with Gasteiger partial charge in [-0.3, -0.25) is 5.01 Å².